The van der Waals surface area contributed by atoms with Gasteiger partial charge in [-0.2, -0.15) is 4.31 Å². The molecule has 1 aromatic carbocycles. The molecule has 5 nitrogen and oxygen atoms in total. The van der Waals surface area contributed by atoms with Crippen molar-refractivity contribution in [2.75, 3.05) is 20.6 Å². The molecule has 20 heavy (non-hydrogen) atoms. The minimum atomic E-state index is -3.63. The number of nitrogens with zero attached hydrogens (tertiary/aromatic N) is 2. The summed E-state index contributed by atoms with van der Waals surface area (Å²) in [4.78, 5) is 13.8. The first-order chi connectivity index (χ1) is 9.34. The van der Waals surface area contributed by atoms with Gasteiger partial charge < -0.3 is 4.90 Å². The molecule has 2 rings (SSSR count). The lowest BCUT2D eigenvalue weighted by atomic mass is 10.2. The summed E-state index contributed by atoms with van der Waals surface area (Å²) < 4.78 is 27.3. The summed E-state index contributed by atoms with van der Waals surface area (Å²) in [5.74, 6) is -0.166. The Kier molecular flexibility index (Phi) is 4.51. The Bertz CT molecular complexity index is 616. The molecule has 7 heteroatoms. The summed E-state index contributed by atoms with van der Waals surface area (Å²) in [5, 5.41) is 0. The molecule has 0 bridgehead atoms. The molecule has 0 unspecified atom stereocenters. The van der Waals surface area contributed by atoms with E-state index in [9.17, 15) is 13.2 Å². The van der Waals surface area contributed by atoms with E-state index in [0.717, 1.165) is 0 Å². The topological polar surface area (TPSA) is 57.7 Å². The van der Waals surface area contributed by atoms with Crippen molar-refractivity contribution in [3.63, 3.8) is 0 Å². The van der Waals surface area contributed by atoms with E-state index in [1.807, 2.05) is 0 Å². The van der Waals surface area contributed by atoms with Gasteiger partial charge >= 0.3 is 0 Å². The first-order valence-electron chi connectivity index (χ1n) is 6.32. The van der Waals surface area contributed by atoms with Crippen LogP contribution in [0.2, 0.25) is 0 Å². The molecule has 1 atom stereocenters. The lowest BCUT2D eigenvalue weighted by Crippen LogP contribution is -2.45. The first-order valence-corrected chi connectivity index (χ1v) is 8.56. The van der Waals surface area contributed by atoms with Gasteiger partial charge in [0.25, 0.3) is 0 Å². The molecule has 0 aromatic heterocycles. The van der Waals surface area contributed by atoms with Crippen molar-refractivity contribution in [3.05, 3.63) is 28.7 Å². The van der Waals surface area contributed by atoms with E-state index in [2.05, 4.69) is 15.9 Å². The summed E-state index contributed by atoms with van der Waals surface area (Å²) in [5.41, 5.74) is 0. The predicted molar refractivity (Wildman–Crippen MR) is 79.7 cm³/mol. The molecule has 0 radical (unpaired) electrons. The van der Waals surface area contributed by atoms with E-state index < -0.39 is 16.1 Å². The van der Waals surface area contributed by atoms with Gasteiger partial charge in [0.2, 0.25) is 15.9 Å². The normalized spacial score (nSPS) is 20.1. The van der Waals surface area contributed by atoms with E-state index in [-0.39, 0.29) is 10.8 Å². The summed E-state index contributed by atoms with van der Waals surface area (Å²) in [7, 11) is -0.346. The van der Waals surface area contributed by atoms with E-state index in [1.165, 1.54) is 9.21 Å². The number of carbonyl (C=O) groups is 1. The van der Waals surface area contributed by atoms with Crippen molar-refractivity contribution in [1.82, 2.24) is 9.21 Å². The minimum Gasteiger partial charge on any atom is -0.347 e. The van der Waals surface area contributed by atoms with E-state index >= 15 is 0 Å². The van der Waals surface area contributed by atoms with Crippen molar-refractivity contribution in [1.29, 1.82) is 0 Å². The number of amides is 1. The van der Waals surface area contributed by atoms with Crippen LogP contribution < -0.4 is 0 Å². The molecule has 110 valence electrons. The number of carbonyl (C=O) groups excluding carboxylic acids is 1. The molecular formula is C13H17BrN2O3S. The Balaban J connectivity index is 2.36. The fraction of sp³-hybridized carbons (Fsp3) is 0.462. The summed E-state index contributed by atoms with van der Waals surface area (Å²) in [6.45, 7) is 0.388. The molecule has 0 saturated carbocycles. The van der Waals surface area contributed by atoms with Gasteiger partial charge in [0.05, 0.1) is 4.90 Å². The van der Waals surface area contributed by atoms with Gasteiger partial charge in [0, 0.05) is 25.1 Å². The second-order valence-electron chi connectivity index (χ2n) is 4.96. The van der Waals surface area contributed by atoms with Crippen LogP contribution in [0.25, 0.3) is 0 Å². The zero-order valence-corrected chi connectivity index (χ0v) is 13.8. The van der Waals surface area contributed by atoms with Gasteiger partial charge in [-0.15, -0.1) is 0 Å². The molecule has 1 aliphatic heterocycles. The quantitative estimate of drug-likeness (QED) is 0.823. The monoisotopic (exact) mass is 360 g/mol. The van der Waals surface area contributed by atoms with Crippen LogP contribution in [-0.2, 0) is 14.8 Å². The first kappa shape index (κ1) is 15.5. The maximum Gasteiger partial charge on any atom is 0.243 e. The van der Waals surface area contributed by atoms with Crippen molar-refractivity contribution >= 4 is 31.9 Å². The standard InChI is InChI=1S/C13H17BrN2O3S/c1-15(2)13(17)12-7-4-8-16(12)20(18,19)11-6-3-5-10(14)9-11/h3,5-6,9,12H,4,7-8H2,1-2H3/t12-/m0/s1. The molecule has 1 amide bonds. The highest BCUT2D eigenvalue weighted by molar-refractivity contribution is 9.10. The summed E-state index contributed by atoms with van der Waals surface area (Å²) >= 11 is 3.27. The third kappa shape index (κ3) is 2.89. The average Bonchev–Trinajstić information content (AvgIpc) is 2.87. The predicted octanol–water partition coefficient (Wildman–Crippen LogP) is 1.69. The maximum absolute atomic E-state index is 12.7. The van der Waals surface area contributed by atoms with Crippen LogP contribution in [-0.4, -0.2) is 50.2 Å². The Labute approximate surface area is 127 Å². The van der Waals surface area contributed by atoms with E-state index in [4.69, 9.17) is 0 Å². The SMILES string of the molecule is CN(C)C(=O)[C@@H]1CCCN1S(=O)(=O)c1cccc(Br)c1. The molecule has 0 N–H and O–H groups in total. The number of halogens is 1. The van der Waals surface area contributed by atoms with Gasteiger partial charge in [-0.3, -0.25) is 4.79 Å². The van der Waals surface area contributed by atoms with Crippen LogP contribution in [0.5, 0.6) is 0 Å². The second-order valence-corrected chi connectivity index (χ2v) is 7.77. The molecule has 1 fully saturated rings. The Morgan fingerprint density at radius 3 is 2.70 bits per heavy atom. The lowest BCUT2D eigenvalue weighted by Gasteiger charge is -2.25. The molecule has 0 spiro atoms. The number of likely N-dealkylation sites (N-methyl/N-ethyl adjacent to an activating group) is 1. The maximum atomic E-state index is 12.7. The van der Waals surface area contributed by atoms with Crippen molar-refractivity contribution < 1.29 is 13.2 Å². The zero-order chi connectivity index (χ0) is 14.9. The lowest BCUT2D eigenvalue weighted by molar-refractivity contribution is -0.132. The van der Waals surface area contributed by atoms with Gasteiger partial charge in [-0.1, -0.05) is 22.0 Å². The third-order valence-corrected chi connectivity index (χ3v) is 5.73. The molecule has 0 aliphatic carbocycles. The number of hydrogen-bond donors (Lipinski definition) is 0. The van der Waals surface area contributed by atoms with E-state index in [0.29, 0.717) is 23.9 Å². The fourth-order valence-corrected chi connectivity index (χ4v) is 4.58. The van der Waals surface area contributed by atoms with Gasteiger partial charge in [0.15, 0.2) is 0 Å². The smallest absolute Gasteiger partial charge is 0.243 e. The molecule has 1 saturated heterocycles. The zero-order valence-electron chi connectivity index (χ0n) is 11.4. The highest BCUT2D eigenvalue weighted by Gasteiger charge is 2.39. The van der Waals surface area contributed by atoms with Crippen molar-refractivity contribution in [2.24, 2.45) is 0 Å². The molecule has 1 aromatic rings. The van der Waals surface area contributed by atoms with Crippen LogP contribution in [0.15, 0.2) is 33.6 Å². The Hall–Kier alpha value is -0.920. The van der Waals surface area contributed by atoms with Gasteiger partial charge in [-0.25, -0.2) is 8.42 Å². The minimum absolute atomic E-state index is 0.166. The largest absolute Gasteiger partial charge is 0.347 e. The highest BCUT2D eigenvalue weighted by atomic mass is 79.9. The third-order valence-electron chi connectivity index (χ3n) is 3.33. The second kappa shape index (κ2) is 5.83. The fourth-order valence-electron chi connectivity index (χ4n) is 2.34. The average molecular weight is 361 g/mol. The Morgan fingerprint density at radius 1 is 1.40 bits per heavy atom. The molecule has 1 heterocycles. The van der Waals surface area contributed by atoms with Crippen LogP contribution >= 0.6 is 15.9 Å². The number of sulfonamides is 1. The van der Waals surface area contributed by atoms with Gasteiger partial charge in [-0.05, 0) is 31.0 Å². The molecule has 1 aliphatic rings. The van der Waals surface area contributed by atoms with Crippen LogP contribution in [0.3, 0.4) is 0 Å². The van der Waals surface area contributed by atoms with Crippen LogP contribution in [0.4, 0.5) is 0 Å². The summed E-state index contributed by atoms with van der Waals surface area (Å²) in [6, 6.07) is 5.97. The molecular weight excluding hydrogens is 344 g/mol. The summed E-state index contributed by atoms with van der Waals surface area (Å²) in [6.07, 6.45) is 1.28. The number of hydrogen-bond acceptors (Lipinski definition) is 3. The van der Waals surface area contributed by atoms with Crippen LogP contribution in [0.1, 0.15) is 12.8 Å². The van der Waals surface area contributed by atoms with Crippen molar-refractivity contribution in [2.45, 2.75) is 23.8 Å². The number of benzene rings is 1. The van der Waals surface area contributed by atoms with Crippen molar-refractivity contribution in [3.8, 4) is 0 Å². The van der Waals surface area contributed by atoms with Crippen LogP contribution in [0, 0.1) is 0 Å². The highest BCUT2D eigenvalue weighted by Crippen LogP contribution is 2.28. The number of rotatable bonds is 3. The Morgan fingerprint density at radius 2 is 2.10 bits per heavy atom. The van der Waals surface area contributed by atoms with Gasteiger partial charge in [0.1, 0.15) is 6.04 Å². The van der Waals surface area contributed by atoms with E-state index in [1.54, 1.807) is 38.4 Å².